The maximum Gasteiger partial charge on any atom is 0.322 e. The van der Waals surface area contributed by atoms with Crippen LogP contribution in [-0.2, 0) is 6.54 Å². The first-order valence-electron chi connectivity index (χ1n) is 10.7. The van der Waals surface area contributed by atoms with Crippen LogP contribution in [0.2, 0.25) is 0 Å². The van der Waals surface area contributed by atoms with Gasteiger partial charge in [-0.15, -0.1) is 11.3 Å². The van der Waals surface area contributed by atoms with Crippen molar-refractivity contribution in [1.29, 1.82) is 0 Å². The van der Waals surface area contributed by atoms with Crippen molar-refractivity contribution in [2.24, 2.45) is 0 Å². The minimum Gasteiger partial charge on any atom is -0.494 e. The molecule has 4 aromatic rings. The highest BCUT2D eigenvalue weighted by Gasteiger charge is 2.36. The number of carbonyl (C=O) groups is 1. The monoisotopic (exact) mass is 494 g/mol. The Hall–Kier alpha value is -4.05. The molecule has 0 spiro atoms. The molecule has 0 radical (unpaired) electrons. The van der Waals surface area contributed by atoms with Gasteiger partial charge >= 0.3 is 6.03 Å². The van der Waals surface area contributed by atoms with Gasteiger partial charge in [-0.05, 0) is 54.3 Å². The number of ether oxygens (including phenoxy) is 1. The largest absolute Gasteiger partial charge is 0.494 e. The van der Waals surface area contributed by atoms with Crippen LogP contribution in [-0.4, -0.2) is 28.2 Å². The normalized spacial score (nSPS) is 15.9. The fourth-order valence-electron chi connectivity index (χ4n) is 3.97. The molecular weight excluding hydrogens is 474 g/mol. The van der Waals surface area contributed by atoms with Gasteiger partial charge in [0, 0.05) is 16.1 Å². The number of aromatic nitrogens is 2. The molecule has 3 heterocycles. The fraction of sp³-hybridized carbons (Fsp3) is 0.160. The number of benzene rings is 2. The molecule has 2 aromatic carbocycles. The lowest BCUT2D eigenvalue weighted by atomic mass is 9.94. The van der Waals surface area contributed by atoms with E-state index in [-0.39, 0.29) is 29.3 Å². The number of thiophene rings is 1. The van der Waals surface area contributed by atoms with Crippen molar-refractivity contribution in [3.63, 3.8) is 0 Å². The maximum atomic E-state index is 14.2. The number of urea groups is 1. The van der Waals surface area contributed by atoms with Gasteiger partial charge in [0.2, 0.25) is 5.82 Å². The Bertz CT molecular complexity index is 1400. The number of nitrogens with one attached hydrogen (secondary N) is 1. The van der Waals surface area contributed by atoms with E-state index in [1.54, 1.807) is 30.0 Å². The molecule has 1 N–H and O–H groups in total. The van der Waals surface area contributed by atoms with E-state index < -0.39 is 11.9 Å². The Morgan fingerprint density at radius 3 is 2.66 bits per heavy atom. The van der Waals surface area contributed by atoms with E-state index in [1.807, 2.05) is 17.5 Å². The second-order valence-electron chi connectivity index (χ2n) is 7.87. The van der Waals surface area contributed by atoms with Crippen LogP contribution < -0.4 is 10.1 Å². The zero-order valence-corrected chi connectivity index (χ0v) is 19.6. The zero-order chi connectivity index (χ0) is 24.5. The topological polar surface area (TPSA) is 80.5 Å². The summed E-state index contributed by atoms with van der Waals surface area (Å²) < 4.78 is 38.4. The van der Waals surface area contributed by atoms with Gasteiger partial charge in [0.1, 0.15) is 5.82 Å². The molecule has 0 aliphatic carbocycles. The number of amides is 2. The average molecular weight is 495 g/mol. The van der Waals surface area contributed by atoms with E-state index in [2.05, 4.69) is 15.5 Å². The quantitative estimate of drug-likeness (QED) is 0.367. The SMILES string of the molecule is COc1ccc(-c2noc(C3=C(C)N(Cc4cccs4)C(=O)NC3c3ccc(F)cc3)n2)cc1F. The van der Waals surface area contributed by atoms with Gasteiger partial charge < -0.3 is 14.6 Å². The third kappa shape index (κ3) is 4.40. The highest BCUT2D eigenvalue weighted by atomic mass is 32.1. The number of nitrogens with zero attached hydrogens (tertiary/aromatic N) is 3. The highest BCUT2D eigenvalue weighted by Crippen LogP contribution is 2.38. The van der Waals surface area contributed by atoms with Crippen LogP contribution in [0.5, 0.6) is 5.75 Å². The number of carbonyl (C=O) groups excluding carboxylic acids is 1. The number of methoxy groups -OCH3 is 1. The third-order valence-electron chi connectivity index (χ3n) is 5.76. The summed E-state index contributed by atoms with van der Waals surface area (Å²) in [6.45, 7) is 2.16. The van der Waals surface area contributed by atoms with Gasteiger partial charge in [0.25, 0.3) is 5.89 Å². The van der Waals surface area contributed by atoms with E-state index in [9.17, 15) is 13.6 Å². The third-order valence-corrected chi connectivity index (χ3v) is 6.62. The van der Waals surface area contributed by atoms with Crippen LogP contribution in [0, 0.1) is 11.6 Å². The maximum absolute atomic E-state index is 14.2. The van der Waals surface area contributed by atoms with E-state index >= 15 is 0 Å². The van der Waals surface area contributed by atoms with Gasteiger partial charge in [-0.3, -0.25) is 4.90 Å². The molecule has 0 bridgehead atoms. The smallest absolute Gasteiger partial charge is 0.322 e. The van der Waals surface area contributed by atoms with Crippen LogP contribution in [0.4, 0.5) is 13.6 Å². The summed E-state index contributed by atoms with van der Waals surface area (Å²) in [6, 6.07) is 13.1. The molecule has 1 atom stereocenters. The van der Waals surface area contributed by atoms with Gasteiger partial charge in [-0.25, -0.2) is 13.6 Å². The van der Waals surface area contributed by atoms with Gasteiger partial charge in [-0.1, -0.05) is 23.4 Å². The van der Waals surface area contributed by atoms with Crippen molar-refractivity contribution in [3.05, 3.63) is 93.6 Å². The highest BCUT2D eigenvalue weighted by molar-refractivity contribution is 7.09. The number of hydrogen-bond acceptors (Lipinski definition) is 6. The molecule has 7 nitrogen and oxygen atoms in total. The first kappa shape index (κ1) is 22.7. The number of hydrogen-bond donors (Lipinski definition) is 1. The Morgan fingerprint density at radius 1 is 1.17 bits per heavy atom. The molecule has 5 rings (SSSR count). The van der Waals surface area contributed by atoms with Crippen molar-refractivity contribution >= 4 is 22.9 Å². The summed E-state index contributed by atoms with van der Waals surface area (Å²) >= 11 is 1.54. The lowest BCUT2D eigenvalue weighted by molar-refractivity contribution is 0.203. The van der Waals surface area contributed by atoms with E-state index in [4.69, 9.17) is 9.26 Å². The van der Waals surface area contributed by atoms with Crippen LogP contribution in [0.25, 0.3) is 17.0 Å². The standard InChI is InChI=1S/C25H20F2N4O3S/c1-14-21(24-29-23(30-34-24)16-7-10-20(33-2)19(27)12-16)22(15-5-8-17(26)9-6-15)28-25(32)31(14)13-18-4-3-11-35-18/h3-12,22H,13H2,1-2H3,(H,28,32). The van der Waals surface area contributed by atoms with Crippen molar-refractivity contribution in [1.82, 2.24) is 20.4 Å². The van der Waals surface area contributed by atoms with Gasteiger partial charge in [0.05, 0.1) is 25.3 Å². The van der Waals surface area contributed by atoms with Crippen molar-refractivity contribution in [2.45, 2.75) is 19.5 Å². The summed E-state index contributed by atoms with van der Waals surface area (Å²) in [5, 5.41) is 8.95. The van der Waals surface area contributed by atoms with Crippen molar-refractivity contribution in [2.75, 3.05) is 7.11 Å². The lowest BCUT2D eigenvalue weighted by Gasteiger charge is -2.35. The molecule has 10 heteroatoms. The number of allylic oxidation sites excluding steroid dienone is 1. The summed E-state index contributed by atoms with van der Waals surface area (Å²) in [6.07, 6.45) is 0. The average Bonchev–Trinajstić information content (AvgIpc) is 3.54. The first-order valence-corrected chi connectivity index (χ1v) is 11.6. The second kappa shape index (κ2) is 9.30. The summed E-state index contributed by atoms with van der Waals surface area (Å²) in [7, 11) is 1.38. The van der Waals surface area contributed by atoms with Gasteiger partial charge in [0.15, 0.2) is 11.6 Å². The van der Waals surface area contributed by atoms with E-state index in [0.717, 1.165) is 4.88 Å². The van der Waals surface area contributed by atoms with Crippen LogP contribution in [0.15, 0.2) is 70.2 Å². The molecule has 178 valence electrons. The molecule has 2 aromatic heterocycles. The molecule has 0 saturated carbocycles. The summed E-state index contributed by atoms with van der Waals surface area (Å²) in [5.74, 6) is -0.491. The van der Waals surface area contributed by atoms with Crippen LogP contribution in [0.3, 0.4) is 0 Å². The van der Waals surface area contributed by atoms with Crippen molar-refractivity contribution < 1.29 is 22.8 Å². The summed E-state index contributed by atoms with van der Waals surface area (Å²) in [5.41, 5.74) is 2.25. The molecule has 1 aliphatic rings. The predicted molar refractivity (Wildman–Crippen MR) is 126 cm³/mol. The predicted octanol–water partition coefficient (Wildman–Crippen LogP) is 5.78. The lowest BCUT2D eigenvalue weighted by Crippen LogP contribution is -2.45. The van der Waals surface area contributed by atoms with Gasteiger partial charge in [-0.2, -0.15) is 4.98 Å². The molecule has 2 amide bonds. The molecule has 1 unspecified atom stereocenters. The first-order chi connectivity index (χ1) is 16.9. The van der Waals surface area contributed by atoms with Crippen molar-refractivity contribution in [3.8, 4) is 17.1 Å². The summed E-state index contributed by atoms with van der Waals surface area (Å²) in [4.78, 5) is 20.2. The Morgan fingerprint density at radius 2 is 1.97 bits per heavy atom. The van der Waals surface area contributed by atoms with Crippen LogP contribution >= 0.6 is 11.3 Å². The number of rotatable bonds is 6. The molecular formula is C25H20F2N4O3S. The molecule has 0 fully saturated rings. The van der Waals surface area contributed by atoms with E-state index in [0.29, 0.717) is 28.9 Å². The zero-order valence-electron chi connectivity index (χ0n) is 18.8. The van der Waals surface area contributed by atoms with Crippen LogP contribution in [0.1, 0.15) is 29.3 Å². The number of halogens is 2. The molecule has 0 saturated heterocycles. The minimum atomic E-state index is -0.649. The second-order valence-corrected chi connectivity index (χ2v) is 8.90. The Labute approximate surface area is 203 Å². The van der Waals surface area contributed by atoms with E-state index in [1.165, 1.54) is 42.7 Å². The molecule has 35 heavy (non-hydrogen) atoms. The Kier molecular flexibility index (Phi) is 6.04. The minimum absolute atomic E-state index is 0.103. The molecule has 1 aliphatic heterocycles. The fourth-order valence-corrected chi connectivity index (χ4v) is 4.66. The Balaban J connectivity index is 1.58.